The maximum absolute atomic E-state index is 12.6. The summed E-state index contributed by atoms with van der Waals surface area (Å²) in [6.07, 6.45) is 3.92. The SMILES string of the molecule is C[C@@H]1CN(CCC2CCN(C(=O)CNc3ccccc3C(N)=O)CC2)C[C@@H](C)O1. The Morgan fingerprint density at radius 3 is 2.45 bits per heavy atom. The van der Waals surface area contributed by atoms with E-state index in [4.69, 9.17) is 10.5 Å². The quantitative estimate of drug-likeness (QED) is 0.728. The molecule has 0 saturated carbocycles. The van der Waals surface area contributed by atoms with Crippen LogP contribution in [0.4, 0.5) is 5.69 Å². The molecule has 0 aromatic heterocycles. The van der Waals surface area contributed by atoms with Gasteiger partial charge in [-0.3, -0.25) is 14.5 Å². The first-order chi connectivity index (χ1) is 13.9. The predicted octanol–water partition coefficient (Wildman–Crippen LogP) is 1.94. The molecule has 1 aromatic rings. The van der Waals surface area contributed by atoms with Gasteiger partial charge in [-0.1, -0.05) is 12.1 Å². The standard InChI is InChI=1S/C22H34N4O3/c1-16-14-25(15-17(2)29-16)10-7-18-8-11-26(12-9-18)21(27)13-24-20-6-4-3-5-19(20)22(23)28/h3-6,16-18,24H,7-15H2,1-2H3,(H2,23,28)/t16-,17-/m1/s1. The minimum absolute atomic E-state index is 0.0681. The zero-order valence-electron chi connectivity index (χ0n) is 17.6. The van der Waals surface area contributed by atoms with Gasteiger partial charge in [0.1, 0.15) is 0 Å². The van der Waals surface area contributed by atoms with Crippen molar-refractivity contribution in [1.29, 1.82) is 0 Å². The lowest BCUT2D eigenvalue weighted by molar-refractivity contribution is -0.130. The number of morpholine rings is 1. The number of carbonyl (C=O) groups excluding carboxylic acids is 2. The number of nitrogens with zero attached hydrogens (tertiary/aromatic N) is 2. The monoisotopic (exact) mass is 402 g/mol. The van der Waals surface area contributed by atoms with E-state index in [1.165, 1.54) is 6.42 Å². The van der Waals surface area contributed by atoms with Crippen LogP contribution in [0.1, 0.15) is 43.5 Å². The Morgan fingerprint density at radius 1 is 1.14 bits per heavy atom. The van der Waals surface area contributed by atoms with E-state index in [2.05, 4.69) is 24.1 Å². The molecule has 0 unspecified atom stereocenters. The fraction of sp³-hybridized carbons (Fsp3) is 0.636. The van der Waals surface area contributed by atoms with Crippen LogP contribution in [0.25, 0.3) is 0 Å². The molecule has 2 saturated heterocycles. The summed E-state index contributed by atoms with van der Waals surface area (Å²) in [4.78, 5) is 28.5. The maximum Gasteiger partial charge on any atom is 0.250 e. The number of rotatable bonds is 7. The molecule has 2 amide bonds. The summed E-state index contributed by atoms with van der Waals surface area (Å²) in [5.41, 5.74) is 6.41. The first-order valence-electron chi connectivity index (χ1n) is 10.7. The molecule has 2 atom stereocenters. The van der Waals surface area contributed by atoms with Crippen LogP contribution in [0, 0.1) is 5.92 Å². The number of para-hydroxylation sites is 1. The average Bonchev–Trinajstić information content (AvgIpc) is 2.70. The van der Waals surface area contributed by atoms with Gasteiger partial charge in [-0.05, 0) is 57.7 Å². The molecule has 2 fully saturated rings. The zero-order chi connectivity index (χ0) is 20.8. The third-order valence-electron chi connectivity index (χ3n) is 5.94. The van der Waals surface area contributed by atoms with Crippen LogP contribution in [0.5, 0.6) is 0 Å². The summed E-state index contributed by atoms with van der Waals surface area (Å²) in [7, 11) is 0. The number of ether oxygens (including phenoxy) is 1. The van der Waals surface area contributed by atoms with E-state index in [1.54, 1.807) is 18.2 Å². The number of piperidine rings is 1. The molecule has 0 spiro atoms. The van der Waals surface area contributed by atoms with Crippen LogP contribution in [0.3, 0.4) is 0 Å². The molecule has 7 nitrogen and oxygen atoms in total. The van der Waals surface area contributed by atoms with E-state index in [0.717, 1.165) is 45.6 Å². The summed E-state index contributed by atoms with van der Waals surface area (Å²) in [6.45, 7) is 9.21. The fourth-order valence-electron chi connectivity index (χ4n) is 4.44. The zero-order valence-corrected chi connectivity index (χ0v) is 17.6. The van der Waals surface area contributed by atoms with Crippen LogP contribution in [-0.4, -0.2) is 73.1 Å². The highest BCUT2D eigenvalue weighted by atomic mass is 16.5. The van der Waals surface area contributed by atoms with Gasteiger partial charge in [0.05, 0.1) is 24.3 Å². The number of hydrogen-bond acceptors (Lipinski definition) is 5. The summed E-state index contributed by atoms with van der Waals surface area (Å²) < 4.78 is 5.81. The number of amides is 2. The summed E-state index contributed by atoms with van der Waals surface area (Å²) >= 11 is 0. The smallest absolute Gasteiger partial charge is 0.250 e. The van der Waals surface area contributed by atoms with Gasteiger partial charge in [-0.25, -0.2) is 0 Å². The molecule has 29 heavy (non-hydrogen) atoms. The fourth-order valence-corrected chi connectivity index (χ4v) is 4.44. The van der Waals surface area contributed by atoms with Crippen molar-refractivity contribution < 1.29 is 14.3 Å². The molecule has 2 heterocycles. The normalized spacial score (nSPS) is 23.7. The number of hydrogen-bond donors (Lipinski definition) is 2. The van der Waals surface area contributed by atoms with Gasteiger partial charge < -0.3 is 20.7 Å². The first kappa shape index (κ1) is 21.6. The minimum Gasteiger partial charge on any atom is -0.376 e. The van der Waals surface area contributed by atoms with Crippen molar-refractivity contribution in [1.82, 2.24) is 9.80 Å². The summed E-state index contributed by atoms with van der Waals surface area (Å²) in [5.74, 6) is 0.250. The third-order valence-corrected chi connectivity index (χ3v) is 5.94. The van der Waals surface area contributed by atoms with Crippen molar-refractivity contribution in [3.05, 3.63) is 29.8 Å². The second-order valence-corrected chi connectivity index (χ2v) is 8.39. The van der Waals surface area contributed by atoms with Crippen molar-refractivity contribution in [3.63, 3.8) is 0 Å². The first-order valence-corrected chi connectivity index (χ1v) is 10.7. The number of carbonyl (C=O) groups is 2. The maximum atomic E-state index is 12.6. The van der Waals surface area contributed by atoms with E-state index in [9.17, 15) is 9.59 Å². The molecule has 2 aliphatic heterocycles. The number of nitrogens with one attached hydrogen (secondary N) is 1. The Balaban J connectivity index is 1.39. The number of likely N-dealkylation sites (tertiary alicyclic amines) is 1. The van der Waals surface area contributed by atoms with Gasteiger partial charge in [0.25, 0.3) is 5.91 Å². The van der Waals surface area contributed by atoms with Crippen LogP contribution in [0.15, 0.2) is 24.3 Å². The predicted molar refractivity (Wildman–Crippen MR) is 114 cm³/mol. The number of anilines is 1. The molecule has 3 N–H and O–H groups in total. The molecule has 0 bridgehead atoms. The Morgan fingerprint density at radius 2 is 1.79 bits per heavy atom. The van der Waals surface area contributed by atoms with Crippen LogP contribution in [-0.2, 0) is 9.53 Å². The molecule has 2 aliphatic rings. The lowest BCUT2D eigenvalue weighted by Gasteiger charge is -2.37. The minimum atomic E-state index is -0.495. The number of benzene rings is 1. The Hall–Kier alpha value is -2.12. The summed E-state index contributed by atoms with van der Waals surface area (Å²) in [6, 6.07) is 7.01. The van der Waals surface area contributed by atoms with Crippen LogP contribution < -0.4 is 11.1 Å². The average molecular weight is 403 g/mol. The second-order valence-electron chi connectivity index (χ2n) is 8.39. The third kappa shape index (κ3) is 6.18. The molecular formula is C22H34N4O3. The summed E-state index contributed by atoms with van der Waals surface area (Å²) in [5, 5.41) is 3.07. The number of nitrogens with two attached hydrogens (primary N) is 1. The Labute approximate surface area is 173 Å². The second kappa shape index (κ2) is 10.1. The molecule has 0 radical (unpaired) electrons. The topological polar surface area (TPSA) is 87.9 Å². The molecule has 3 rings (SSSR count). The molecule has 0 aliphatic carbocycles. The van der Waals surface area contributed by atoms with Gasteiger partial charge >= 0.3 is 0 Å². The number of primary amides is 1. The van der Waals surface area contributed by atoms with Crippen LogP contribution >= 0.6 is 0 Å². The van der Waals surface area contributed by atoms with E-state index < -0.39 is 5.91 Å². The molecule has 1 aromatic carbocycles. The van der Waals surface area contributed by atoms with Crippen molar-refractivity contribution in [2.24, 2.45) is 11.7 Å². The lowest BCUT2D eigenvalue weighted by atomic mass is 9.93. The highest BCUT2D eigenvalue weighted by Gasteiger charge is 2.25. The Kier molecular flexibility index (Phi) is 7.50. The van der Waals surface area contributed by atoms with Gasteiger partial charge in [0.15, 0.2) is 0 Å². The van der Waals surface area contributed by atoms with E-state index in [-0.39, 0.29) is 12.5 Å². The highest BCUT2D eigenvalue weighted by Crippen LogP contribution is 2.22. The van der Waals surface area contributed by atoms with Crippen LogP contribution in [0.2, 0.25) is 0 Å². The molecular weight excluding hydrogens is 368 g/mol. The van der Waals surface area contributed by atoms with Gasteiger partial charge in [-0.2, -0.15) is 0 Å². The van der Waals surface area contributed by atoms with Crippen molar-refractivity contribution in [2.75, 3.05) is 44.6 Å². The van der Waals surface area contributed by atoms with E-state index >= 15 is 0 Å². The van der Waals surface area contributed by atoms with E-state index in [1.807, 2.05) is 11.0 Å². The van der Waals surface area contributed by atoms with E-state index in [0.29, 0.717) is 29.4 Å². The Bertz CT molecular complexity index is 693. The highest BCUT2D eigenvalue weighted by molar-refractivity contribution is 5.99. The lowest BCUT2D eigenvalue weighted by Crippen LogP contribution is -2.46. The van der Waals surface area contributed by atoms with Gasteiger partial charge in [0.2, 0.25) is 5.91 Å². The molecule has 7 heteroatoms. The van der Waals surface area contributed by atoms with Gasteiger partial charge in [-0.15, -0.1) is 0 Å². The largest absolute Gasteiger partial charge is 0.376 e. The van der Waals surface area contributed by atoms with Crippen molar-refractivity contribution in [2.45, 2.75) is 45.3 Å². The van der Waals surface area contributed by atoms with Crippen molar-refractivity contribution >= 4 is 17.5 Å². The molecule has 160 valence electrons. The van der Waals surface area contributed by atoms with Gasteiger partial charge in [0, 0.05) is 31.9 Å². The van der Waals surface area contributed by atoms with Crippen molar-refractivity contribution in [3.8, 4) is 0 Å².